The van der Waals surface area contributed by atoms with Crippen molar-refractivity contribution in [3.8, 4) is 6.01 Å². The number of pyridine rings is 1. The molecule has 0 radical (unpaired) electrons. The van der Waals surface area contributed by atoms with Gasteiger partial charge in [-0.2, -0.15) is 9.37 Å². The average Bonchev–Trinajstić information content (AvgIpc) is 2.78. The number of carbonyl (C=O) groups excluding carboxylic acids is 1. The van der Waals surface area contributed by atoms with Gasteiger partial charge in [-0.05, 0) is 19.1 Å². The van der Waals surface area contributed by atoms with E-state index in [-0.39, 0.29) is 17.5 Å². The molecule has 8 heteroatoms. The summed E-state index contributed by atoms with van der Waals surface area (Å²) in [7, 11) is 0. The van der Waals surface area contributed by atoms with Crippen molar-refractivity contribution in [1.82, 2.24) is 20.2 Å². The smallest absolute Gasteiger partial charge is 0.337 e. The van der Waals surface area contributed by atoms with Crippen LogP contribution in [0.5, 0.6) is 6.01 Å². The highest BCUT2D eigenvalue weighted by Crippen LogP contribution is 2.07. The molecule has 0 atom stereocenters. The molecule has 0 saturated carbocycles. The van der Waals surface area contributed by atoms with E-state index in [0.29, 0.717) is 6.61 Å². The Balaban J connectivity index is 2.04. The molecule has 1 amide bonds. The first-order chi connectivity index (χ1) is 8.69. The van der Waals surface area contributed by atoms with Crippen molar-refractivity contribution in [1.29, 1.82) is 0 Å². The molecule has 0 aromatic carbocycles. The number of nitrogens with one attached hydrogen (secondary N) is 2. The third-order valence-corrected chi connectivity index (χ3v) is 1.96. The monoisotopic (exact) mass is 251 g/mol. The lowest BCUT2D eigenvalue weighted by Crippen LogP contribution is -2.13. The molecule has 2 N–H and O–H groups in total. The Kier molecular flexibility index (Phi) is 3.46. The van der Waals surface area contributed by atoms with E-state index in [1.54, 1.807) is 6.92 Å². The number of aromatic amines is 1. The standard InChI is InChI=1S/C10H10FN5O2/c1-2-18-10-14-9(15-16-10)13-8(17)6-3-4-7(11)12-5-6/h3-5H,2H2,1H3,(H2,13,14,15,16,17). The van der Waals surface area contributed by atoms with Crippen LogP contribution in [0.1, 0.15) is 17.3 Å². The Labute approximate surface area is 101 Å². The highest BCUT2D eigenvalue weighted by atomic mass is 19.1. The summed E-state index contributed by atoms with van der Waals surface area (Å²) >= 11 is 0. The summed E-state index contributed by atoms with van der Waals surface area (Å²) in [6, 6.07) is 2.56. The largest absolute Gasteiger partial charge is 0.463 e. The lowest BCUT2D eigenvalue weighted by atomic mass is 10.3. The van der Waals surface area contributed by atoms with E-state index >= 15 is 0 Å². The van der Waals surface area contributed by atoms with E-state index in [2.05, 4.69) is 25.5 Å². The summed E-state index contributed by atoms with van der Waals surface area (Å²) in [5.74, 6) is -0.973. The van der Waals surface area contributed by atoms with Crippen molar-refractivity contribution in [2.24, 2.45) is 0 Å². The number of carbonyl (C=O) groups is 1. The van der Waals surface area contributed by atoms with Crippen LogP contribution in [0.25, 0.3) is 0 Å². The summed E-state index contributed by atoms with van der Waals surface area (Å²) in [6.45, 7) is 2.21. The fourth-order valence-corrected chi connectivity index (χ4v) is 1.19. The summed E-state index contributed by atoms with van der Waals surface area (Å²) in [5.41, 5.74) is 0.214. The number of H-pyrrole nitrogens is 1. The number of amides is 1. The number of anilines is 1. The Morgan fingerprint density at radius 1 is 1.56 bits per heavy atom. The number of nitrogens with zero attached hydrogens (tertiary/aromatic N) is 3. The highest BCUT2D eigenvalue weighted by Gasteiger charge is 2.10. The van der Waals surface area contributed by atoms with Crippen molar-refractivity contribution in [2.45, 2.75) is 6.92 Å². The zero-order valence-corrected chi connectivity index (χ0v) is 9.48. The van der Waals surface area contributed by atoms with Crippen LogP contribution < -0.4 is 10.1 Å². The van der Waals surface area contributed by atoms with E-state index < -0.39 is 11.9 Å². The minimum Gasteiger partial charge on any atom is -0.463 e. The average molecular weight is 251 g/mol. The first kappa shape index (κ1) is 12.0. The van der Waals surface area contributed by atoms with Gasteiger partial charge < -0.3 is 4.74 Å². The number of hydrogen-bond acceptors (Lipinski definition) is 5. The maximum Gasteiger partial charge on any atom is 0.337 e. The quantitative estimate of drug-likeness (QED) is 0.790. The molecule has 0 bridgehead atoms. The predicted molar refractivity (Wildman–Crippen MR) is 59.7 cm³/mol. The fourth-order valence-electron chi connectivity index (χ4n) is 1.19. The highest BCUT2D eigenvalue weighted by molar-refractivity contribution is 6.03. The predicted octanol–water partition coefficient (Wildman–Crippen LogP) is 0.990. The number of ether oxygens (including phenoxy) is 1. The minimum atomic E-state index is -0.648. The summed E-state index contributed by atoms with van der Waals surface area (Å²) in [6.07, 6.45) is 1.13. The van der Waals surface area contributed by atoms with Crippen LogP contribution in [-0.4, -0.2) is 32.7 Å². The van der Waals surface area contributed by atoms with Gasteiger partial charge in [0, 0.05) is 6.20 Å². The van der Waals surface area contributed by atoms with E-state index in [4.69, 9.17) is 4.74 Å². The van der Waals surface area contributed by atoms with Crippen LogP contribution in [0.3, 0.4) is 0 Å². The van der Waals surface area contributed by atoms with E-state index in [9.17, 15) is 9.18 Å². The summed E-state index contributed by atoms with van der Waals surface area (Å²) in [4.78, 5) is 18.9. The van der Waals surface area contributed by atoms with Crippen LogP contribution in [0.4, 0.5) is 10.3 Å². The zero-order valence-electron chi connectivity index (χ0n) is 9.48. The molecule has 0 aliphatic heterocycles. The second-order valence-corrected chi connectivity index (χ2v) is 3.22. The maximum atomic E-state index is 12.6. The van der Waals surface area contributed by atoms with Crippen molar-refractivity contribution in [3.05, 3.63) is 29.8 Å². The number of aromatic nitrogens is 4. The molecule has 2 heterocycles. The Morgan fingerprint density at radius 3 is 3.06 bits per heavy atom. The van der Waals surface area contributed by atoms with Crippen LogP contribution in [0, 0.1) is 5.95 Å². The van der Waals surface area contributed by atoms with Crippen LogP contribution >= 0.6 is 0 Å². The van der Waals surface area contributed by atoms with Gasteiger partial charge in [-0.1, -0.05) is 0 Å². The van der Waals surface area contributed by atoms with Crippen molar-refractivity contribution in [2.75, 3.05) is 11.9 Å². The topological polar surface area (TPSA) is 92.8 Å². The van der Waals surface area contributed by atoms with Crippen LogP contribution in [0.15, 0.2) is 18.3 Å². The Bertz CT molecular complexity index is 539. The molecule has 0 aliphatic rings. The second kappa shape index (κ2) is 5.21. The second-order valence-electron chi connectivity index (χ2n) is 3.22. The molecule has 0 aliphatic carbocycles. The molecular weight excluding hydrogens is 241 g/mol. The van der Waals surface area contributed by atoms with Gasteiger partial charge in [-0.3, -0.25) is 10.1 Å². The molecule has 2 aromatic heterocycles. The molecule has 18 heavy (non-hydrogen) atoms. The number of rotatable bonds is 4. The molecule has 7 nitrogen and oxygen atoms in total. The summed E-state index contributed by atoms with van der Waals surface area (Å²) in [5, 5.41) is 8.65. The van der Waals surface area contributed by atoms with Crippen LogP contribution in [-0.2, 0) is 0 Å². The first-order valence-electron chi connectivity index (χ1n) is 5.17. The van der Waals surface area contributed by atoms with Crippen molar-refractivity contribution < 1.29 is 13.9 Å². The van der Waals surface area contributed by atoms with Gasteiger partial charge in [-0.15, -0.1) is 5.10 Å². The Hall–Kier alpha value is -2.51. The first-order valence-corrected chi connectivity index (χ1v) is 5.17. The molecule has 2 rings (SSSR count). The van der Waals surface area contributed by atoms with Crippen molar-refractivity contribution in [3.63, 3.8) is 0 Å². The molecule has 2 aromatic rings. The zero-order chi connectivity index (χ0) is 13.0. The molecule has 0 spiro atoms. The van der Waals surface area contributed by atoms with Gasteiger partial charge in [0.05, 0.1) is 12.2 Å². The maximum absolute atomic E-state index is 12.6. The lowest BCUT2D eigenvalue weighted by Gasteiger charge is -2.00. The van der Waals surface area contributed by atoms with E-state index in [1.165, 1.54) is 6.07 Å². The lowest BCUT2D eigenvalue weighted by molar-refractivity contribution is 0.102. The minimum absolute atomic E-state index is 0.144. The fraction of sp³-hybridized carbons (Fsp3) is 0.200. The third kappa shape index (κ3) is 2.78. The van der Waals surface area contributed by atoms with Gasteiger partial charge in [-0.25, -0.2) is 10.1 Å². The Morgan fingerprint density at radius 2 is 2.39 bits per heavy atom. The van der Waals surface area contributed by atoms with Gasteiger partial charge in [0.15, 0.2) is 0 Å². The van der Waals surface area contributed by atoms with Gasteiger partial charge in [0.2, 0.25) is 11.9 Å². The SMILES string of the molecule is CCOc1n[nH]c(NC(=O)c2ccc(F)nc2)n1. The third-order valence-electron chi connectivity index (χ3n) is 1.96. The molecule has 0 fully saturated rings. The van der Waals surface area contributed by atoms with Crippen molar-refractivity contribution >= 4 is 11.9 Å². The van der Waals surface area contributed by atoms with Gasteiger partial charge in [0.25, 0.3) is 5.91 Å². The van der Waals surface area contributed by atoms with Crippen LogP contribution in [0.2, 0.25) is 0 Å². The van der Waals surface area contributed by atoms with Gasteiger partial charge >= 0.3 is 6.01 Å². The summed E-state index contributed by atoms with van der Waals surface area (Å²) < 4.78 is 17.6. The molecular formula is C10H10FN5O2. The molecule has 0 saturated heterocycles. The molecule has 0 unspecified atom stereocenters. The molecule has 94 valence electrons. The van der Waals surface area contributed by atoms with E-state index in [0.717, 1.165) is 12.3 Å². The van der Waals surface area contributed by atoms with Gasteiger partial charge in [0.1, 0.15) is 0 Å². The number of hydrogen-bond donors (Lipinski definition) is 2. The van der Waals surface area contributed by atoms with E-state index in [1.807, 2.05) is 0 Å². The normalized spacial score (nSPS) is 10.1. The number of halogens is 1.